The van der Waals surface area contributed by atoms with E-state index in [0.29, 0.717) is 23.8 Å². The van der Waals surface area contributed by atoms with E-state index in [0.717, 1.165) is 4.88 Å². The fourth-order valence-electron chi connectivity index (χ4n) is 4.32. The number of carbonyl (C=O) groups excluding carboxylic acids is 1. The summed E-state index contributed by atoms with van der Waals surface area (Å²) in [7, 11) is 0. The molecular weight excluding hydrogens is 418 g/mol. The van der Waals surface area contributed by atoms with E-state index in [1.165, 1.54) is 4.90 Å². The van der Waals surface area contributed by atoms with Crippen LogP contribution >= 0.6 is 23.1 Å². The first-order chi connectivity index (χ1) is 14.2. The number of carbonyl (C=O) groups is 2. The van der Waals surface area contributed by atoms with Gasteiger partial charge in [0.25, 0.3) is 5.91 Å². The Balaban J connectivity index is 1.78. The molecule has 2 amide bonds. The number of hydrogen-bond donors (Lipinski definition) is 2. The van der Waals surface area contributed by atoms with Crippen LogP contribution in [0.15, 0.2) is 52.8 Å². The third-order valence-electron chi connectivity index (χ3n) is 5.70. The number of fused-ring (bicyclic) bond motifs is 1. The normalized spacial score (nSPS) is 26.1. The highest BCUT2D eigenvalue weighted by Crippen LogP contribution is 2.54. The molecule has 8 heteroatoms. The maximum absolute atomic E-state index is 12.8. The Bertz CT molecular complexity index is 969. The van der Waals surface area contributed by atoms with Crippen LogP contribution in [0.25, 0.3) is 0 Å². The quantitative estimate of drug-likeness (QED) is 0.716. The van der Waals surface area contributed by atoms with Crippen LogP contribution in [0.3, 0.4) is 0 Å². The van der Waals surface area contributed by atoms with E-state index in [2.05, 4.69) is 26.1 Å². The first kappa shape index (κ1) is 20.9. The summed E-state index contributed by atoms with van der Waals surface area (Å²) >= 11 is 3.14. The van der Waals surface area contributed by atoms with Gasteiger partial charge in [-0.25, -0.2) is 9.79 Å². The fraction of sp³-hybridized carbons (Fsp3) is 0.409. The lowest BCUT2D eigenvalue weighted by Gasteiger charge is -2.44. The SMILES string of the molecule is CC(C)(C)C1SC(NC(=O)c2ccccc2)=N[C@@]2(c3cccs3)CN(C(=O)O)C[C@@H]12. The lowest BCUT2D eigenvalue weighted by molar-refractivity contribution is 0.0977. The molecule has 1 saturated heterocycles. The molecule has 158 valence electrons. The molecule has 6 nitrogen and oxygen atoms in total. The molecule has 1 aromatic heterocycles. The van der Waals surface area contributed by atoms with E-state index >= 15 is 0 Å². The maximum Gasteiger partial charge on any atom is 0.407 e. The van der Waals surface area contributed by atoms with Gasteiger partial charge in [-0.15, -0.1) is 11.3 Å². The van der Waals surface area contributed by atoms with Crippen LogP contribution in [-0.2, 0) is 5.54 Å². The van der Waals surface area contributed by atoms with Crippen LogP contribution in [0.4, 0.5) is 4.79 Å². The Morgan fingerprint density at radius 3 is 2.53 bits per heavy atom. The third-order valence-corrected chi connectivity index (χ3v) is 8.44. The molecule has 4 rings (SSSR count). The van der Waals surface area contributed by atoms with Gasteiger partial charge in [-0.2, -0.15) is 0 Å². The molecule has 2 aliphatic rings. The highest BCUT2D eigenvalue weighted by molar-refractivity contribution is 8.14. The number of nitrogens with one attached hydrogen (secondary N) is 1. The fourth-order valence-corrected chi connectivity index (χ4v) is 6.68. The first-order valence-electron chi connectivity index (χ1n) is 9.85. The van der Waals surface area contributed by atoms with Gasteiger partial charge >= 0.3 is 6.09 Å². The number of amidine groups is 1. The van der Waals surface area contributed by atoms with E-state index < -0.39 is 11.6 Å². The Labute approximate surface area is 184 Å². The number of amides is 2. The van der Waals surface area contributed by atoms with E-state index in [9.17, 15) is 14.7 Å². The Hall–Kier alpha value is -2.32. The highest BCUT2D eigenvalue weighted by atomic mass is 32.2. The van der Waals surface area contributed by atoms with E-state index in [1.807, 2.05) is 35.7 Å². The molecule has 0 aliphatic carbocycles. The van der Waals surface area contributed by atoms with Crippen molar-refractivity contribution in [2.45, 2.75) is 31.6 Å². The molecule has 1 aromatic carbocycles. The van der Waals surface area contributed by atoms with Crippen molar-refractivity contribution in [2.24, 2.45) is 16.3 Å². The van der Waals surface area contributed by atoms with Gasteiger partial charge in [0.15, 0.2) is 5.17 Å². The van der Waals surface area contributed by atoms with E-state index in [1.54, 1.807) is 35.2 Å². The molecule has 1 unspecified atom stereocenters. The summed E-state index contributed by atoms with van der Waals surface area (Å²) < 4.78 is 0. The summed E-state index contributed by atoms with van der Waals surface area (Å²) in [5.41, 5.74) is -0.223. The Morgan fingerprint density at radius 2 is 1.93 bits per heavy atom. The van der Waals surface area contributed by atoms with Crippen LogP contribution in [0.5, 0.6) is 0 Å². The number of aliphatic imine (C=N–C) groups is 1. The van der Waals surface area contributed by atoms with Crippen LogP contribution in [0, 0.1) is 11.3 Å². The molecule has 0 bridgehead atoms. The van der Waals surface area contributed by atoms with Crippen molar-refractivity contribution in [3.63, 3.8) is 0 Å². The zero-order valence-corrected chi connectivity index (χ0v) is 18.8. The molecule has 3 heterocycles. The number of likely N-dealkylation sites (tertiary alicyclic amines) is 1. The minimum Gasteiger partial charge on any atom is -0.465 e. The van der Waals surface area contributed by atoms with Crippen molar-refractivity contribution in [1.82, 2.24) is 10.2 Å². The average Bonchev–Trinajstić information content (AvgIpc) is 3.36. The first-order valence-corrected chi connectivity index (χ1v) is 11.6. The molecule has 2 aromatic rings. The lowest BCUT2D eigenvalue weighted by Crippen LogP contribution is -2.49. The van der Waals surface area contributed by atoms with Gasteiger partial charge in [-0.05, 0) is 29.0 Å². The number of thioether (sulfide) groups is 1. The zero-order valence-electron chi connectivity index (χ0n) is 17.2. The minimum atomic E-state index is -0.928. The molecule has 2 aliphatic heterocycles. The standard InChI is InChI=1S/C22H25N3O3S2/c1-21(2,3)17-15-12-25(20(27)28)13-22(15,16-10-7-11-29-16)24-19(30-17)23-18(26)14-8-5-4-6-9-14/h4-11,15,17H,12-13H2,1-3H3,(H,27,28)(H,23,24,26)/t15-,17?,22-/m0/s1. The number of nitrogens with zero attached hydrogens (tertiary/aromatic N) is 2. The van der Waals surface area contributed by atoms with Crippen molar-refractivity contribution in [2.75, 3.05) is 13.1 Å². The average molecular weight is 444 g/mol. The molecule has 2 N–H and O–H groups in total. The van der Waals surface area contributed by atoms with Crippen molar-refractivity contribution in [3.05, 3.63) is 58.3 Å². The van der Waals surface area contributed by atoms with Gasteiger partial charge in [0, 0.05) is 28.2 Å². The van der Waals surface area contributed by atoms with Crippen LogP contribution in [0.1, 0.15) is 36.0 Å². The molecule has 30 heavy (non-hydrogen) atoms. The summed E-state index contributed by atoms with van der Waals surface area (Å²) in [6.07, 6.45) is -0.928. The summed E-state index contributed by atoms with van der Waals surface area (Å²) in [5, 5.41) is 15.4. The van der Waals surface area contributed by atoms with Gasteiger partial charge < -0.3 is 15.3 Å². The van der Waals surface area contributed by atoms with Gasteiger partial charge in [0.05, 0.1) is 6.54 Å². The molecule has 0 saturated carbocycles. The monoisotopic (exact) mass is 443 g/mol. The van der Waals surface area contributed by atoms with Crippen molar-refractivity contribution < 1.29 is 14.7 Å². The summed E-state index contributed by atoms with van der Waals surface area (Å²) in [4.78, 5) is 32.2. The smallest absolute Gasteiger partial charge is 0.407 e. The molecular formula is C22H25N3O3S2. The number of thiophene rings is 1. The second kappa shape index (κ2) is 7.74. The summed E-state index contributed by atoms with van der Waals surface area (Å²) in [6, 6.07) is 13.1. The molecule has 1 fully saturated rings. The second-order valence-electron chi connectivity index (χ2n) is 8.81. The predicted octanol–water partition coefficient (Wildman–Crippen LogP) is 4.50. The number of carboxylic acid groups (broad SMARTS) is 1. The molecule has 3 atom stereocenters. The largest absolute Gasteiger partial charge is 0.465 e. The summed E-state index contributed by atoms with van der Waals surface area (Å²) in [6.45, 7) is 7.22. The van der Waals surface area contributed by atoms with Gasteiger partial charge in [0.2, 0.25) is 0 Å². The van der Waals surface area contributed by atoms with E-state index in [4.69, 9.17) is 4.99 Å². The third kappa shape index (κ3) is 3.74. The molecule has 0 radical (unpaired) electrons. The van der Waals surface area contributed by atoms with Gasteiger partial charge in [0.1, 0.15) is 5.54 Å². The topological polar surface area (TPSA) is 82.0 Å². The highest BCUT2D eigenvalue weighted by Gasteiger charge is 2.58. The number of hydrogen-bond acceptors (Lipinski definition) is 5. The summed E-state index contributed by atoms with van der Waals surface area (Å²) in [5.74, 6) is -0.183. The van der Waals surface area contributed by atoms with Crippen LogP contribution in [0.2, 0.25) is 0 Å². The van der Waals surface area contributed by atoms with Crippen LogP contribution in [-0.4, -0.2) is 45.5 Å². The van der Waals surface area contributed by atoms with Crippen LogP contribution < -0.4 is 5.32 Å². The lowest BCUT2D eigenvalue weighted by atomic mass is 9.75. The van der Waals surface area contributed by atoms with E-state index in [-0.39, 0.29) is 22.5 Å². The molecule has 0 spiro atoms. The van der Waals surface area contributed by atoms with Crippen molar-refractivity contribution >= 4 is 40.3 Å². The number of rotatable bonds is 2. The Kier molecular flexibility index (Phi) is 5.40. The minimum absolute atomic E-state index is 0.0228. The zero-order chi connectivity index (χ0) is 21.5. The van der Waals surface area contributed by atoms with Crippen molar-refractivity contribution in [3.8, 4) is 0 Å². The number of benzene rings is 1. The van der Waals surface area contributed by atoms with Gasteiger partial charge in [-0.1, -0.05) is 56.8 Å². The predicted molar refractivity (Wildman–Crippen MR) is 121 cm³/mol. The Morgan fingerprint density at radius 1 is 1.20 bits per heavy atom. The van der Waals surface area contributed by atoms with Crippen molar-refractivity contribution in [1.29, 1.82) is 0 Å². The maximum atomic E-state index is 12.8. The van der Waals surface area contributed by atoms with Gasteiger partial charge in [-0.3, -0.25) is 4.79 Å². The second-order valence-corrected chi connectivity index (χ2v) is 10.9.